The minimum Gasteiger partial charge on any atom is -0.493 e. The van der Waals surface area contributed by atoms with Gasteiger partial charge >= 0.3 is 0 Å². The fourth-order valence-corrected chi connectivity index (χ4v) is 2.53. The molecular formula is C18H14Cl2N2O3. The Balaban J connectivity index is 2.39. The lowest BCUT2D eigenvalue weighted by Gasteiger charge is -2.14. The van der Waals surface area contributed by atoms with E-state index in [1.54, 1.807) is 42.5 Å². The Kier molecular flexibility index (Phi) is 6.29. The number of halogens is 2. The SMILES string of the molecule is COc1cccc(/C=C(\C#N)C(N)=O)c1OCc1ccc(Cl)cc1Cl. The number of benzene rings is 2. The predicted molar refractivity (Wildman–Crippen MR) is 96.6 cm³/mol. The van der Waals surface area contributed by atoms with Gasteiger partial charge in [0.2, 0.25) is 0 Å². The normalized spacial score (nSPS) is 10.9. The fourth-order valence-electron chi connectivity index (χ4n) is 2.06. The molecule has 7 heteroatoms. The van der Waals surface area contributed by atoms with E-state index >= 15 is 0 Å². The number of hydrogen-bond acceptors (Lipinski definition) is 4. The molecule has 0 aliphatic rings. The zero-order chi connectivity index (χ0) is 18.4. The molecule has 2 N–H and O–H groups in total. The lowest BCUT2D eigenvalue weighted by Crippen LogP contribution is -2.12. The van der Waals surface area contributed by atoms with E-state index in [0.717, 1.165) is 5.56 Å². The first-order chi connectivity index (χ1) is 12.0. The van der Waals surface area contributed by atoms with Gasteiger partial charge < -0.3 is 15.2 Å². The van der Waals surface area contributed by atoms with Gasteiger partial charge in [0.25, 0.3) is 5.91 Å². The predicted octanol–water partition coefficient (Wildman–Crippen LogP) is 3.97. The first-order valence-corrected chi connectivity index (χ1v) is 7.87. The van der Waals surface area contributed by atoms with Gasteiger partial charge in [-0.3, -0.25) is 4.79 Å². The van der Waals surface area contributed by atoms with Crippen molar-refractivity contribution in [2.24, 2.45) is 5.73 Å². The monoisotopic (exact) mass is 376 g/mol. The number of nitrogens with zero attached hydrogens (tertiary/aromatic N) is 1. The summed E-state index contributed by atoms with van der Waals surface area (Å²) in [7, 11) is 1.49. The van der Waals surface area contributed by atoms with Gasteiger partial charge in [0.15, 0.2) is 11.5 Å². The summed E-state index contributed by atoms with van der Waals surface area (Å²) in [6, 6.07) is 11.9. The van der Waals surface area contributed by atoms with Crippen LogP contribution in [-0.4, -0.2) is 13.0 Å². The average Bonchev–Trinajstić information content (AvgIpc) is 2.58. The molecule has 0 spiro atoms. The average molecular weight is 377 g/mol. The number of methoxy groups -OCH3 is 1. The van der Waals surface area contributed by atoms with Crippen LogP contribution in [0.3, 0.4) is 0 Å². The van der Waals surface area contributed by atoms with Gasteiger partial charge in [0, 0.05) is 21.2 Å². The molecule has 0 saturated heterocycles. The van der Waals surface area contributed by atoms with Crippen LogP contribution in [0.4, 0.5) is 0 Å². The number of para-hydroxylation sites is 1. The smallest absolute Gasteiger partial charge is 0.259 e. The largest absolute Gasteiger partial charge is 0.493 e. The molecule has 25 heavy (non-hydrogen) atoms. The Morgan fingerprint density at radius 3 is 2.68 bits per heavy atom. The Morgan fingerprint density at radius 1 is 1.32 bits per heavy atom. The number of rotatable bonds is 6. The number of carbonyl (C=O) groups is 1. The number of amides is 1. The standard InChI is InChI=1S/C18H14Cl2N2O3/c1-24-16-4-2-3-11(7-13(9-21)18(22)23)17(16)25-10-12-5-6-14(19)8-15(12)20/h2-8H,10H2,1H3,(H2,22,23)/b13-7+. The Morgan fingerprint density at radius 2 is 2.08 bits per heavy atom. The van der Waals surface area contributed by atoms with Crippen LogP contribution in [0.5, 0.6) is 11.5 Å². The van der Waals surface area contributed by atoms with Crippen LogP contribution in [0, 0.1) is 11.3 Å². The molecule has 2 rings (SSSR count). The third kappa shape index (κ3) is 4.66. The molecule has 0 aromatic heterocycles. The van der Waals surface area contributed by atoms with Crippen LogP contribution in [0.2, 0.25) is 10.0 Å². The van der Waals surface area contributed by atoms with Crippen molar-refractivity contribution in [3.05, 3.63) is 63.1 Å². The zero-order valence-electron chi connectivity index (χ0n) is 13.3. The molecule has 2 aromatic rings. The molecule has 1 amide bonds. The van der Waals surface area contributed by atoms with Crippen LogP contribution in [0.15, 0.2) is 42.0 Å². The van der Waals surface area contributed by atoms with E-state index in [9.17, 15) is 4.79 Å². The third-order valence-corrected chi connectivity index (χ3v) is 3.89. The van der Waals surface area contributed by atoms with Crippen LogP contribution >= 0.6 is 23.2 Å². The highest BCUT2D eigenvalue weighted by Crippen LogP contribution is 2.34. The van der Waals surface area contributed by atoms with E-state index in [0.29, 0.717) is 27.1 Å². The van der Waals surface area contributed by atoms with E-state index in [4.69, 9.17) is 43.7 Å². The molecule has 0 aliphatic carbocycles. The minimum absolute atomic E-state index is 0.148. The van der Waals surface area contributed by atoms with Gasteiger partial charge in [-0.05, 0) is 24.3 Å². The van der Waals surface area contributed by atoms with E-state index in [1.807, 2.05) is 0 Å². The summed E-state index contributed by atoms with van der Waals surface area (Å²) < 4.78 is 11.1. The Hall–Kier alpha value is -2.68. The first-order valence-electron chi connectivity index (χ1n) is 7.11. The van der Waals surface area contributed by atoms with E-state index in [1.165, 1.54) is 13.2 Å². The fraction of sp³-hybridized carbons (Fsp3) is 0.111. The second-order valence-corrected chi connectivity index (χ2v) is 5.78. The van der Waals surface area contributed by atoms with Crippen molar-refractivity contribution in [3.63, 3.8) is 0 Å². The van der Waals surface area contributed by atoms with Crippen LogP contribution < -0.4 is 15.2 Å². The van der Waals surface area contributed by atoms with Crippen molar-refractivity contribution in [1.82, 2.24) is 0 Å². The molecule has 128 valence electrons. The molecule has 0 fully saturated rings. The summed E-state index contributed by atoms with van der Waals surface area (Å²) in [4.78, 5) is 11.3. The summed E-state index contributed by atoms with van der Waals surface area (Å²) in [5, 5.41) is 10.0. The molecule has 0 heterocycles. The van der Waals surface area contributed by atoms with Crippen molar-refractivity contribution in [2.45, 2.75) is 6.61 Å². The Bertz CT molecular complexity index is 873. The van der Waals surface area contributed by atoms with Gasteiger partial charge in [-0.1, -0.05) is 41.4 Å². The second kappa shape index (κ2) is 8.43. The van der Waals surface area contributed by atoms with Crippen molar-refractivity contribution in [3.8, 4) is 17.6 Å². The maximum Gasteiger partial charge on any atom is 0.259 e. The van der Waals surface area contributed by atoms with E-state index in [2.05, 4.69) is 0 Å². The summed E-state index contributed by atoms with van der Waals surface area (Å²) in [6.07, 6.45) is 1.35. The molecule has 5 nitrogen and oxygen atoms in total. The van der Waals surface area contributed by atoms with Crippen LogP contribution in [0.1, 0.15) is 11.1 Å². The van der Waals surface area contributed by atoms with Gasteiger partial charge in [0.1, 0.15) is 18.2 Å². The lowest BCUT2D eigenvalue weighted by atomic mass is 10.1. The van der Waals surface area contributed by atoms with Crippen molar-refractivity contribution >= 4 is 35.2 Å². The lowest BCUT2D eigenvalue weighted by molar-refractivity contribution is -0.114. The van der Waals surface area contributed by atoms with Gasteiger partial charge in [-0.15, -0.1) is 0 Å². The molecule has 0 atom stereocenters. The quantitative estimate of drug-likeness (QED) is 0.610. The molecule has 0 aliphatic heterocycles. The molecule has 0 radical (unpaired) electrons. The highest BCUT2D eigenvalue weighted by Gasteiger charge is 2.13. The molecule has 0 saturated carbocycles. The third-order valence-electron chi connectivity index (χ3n) is 3.30. The van der Waals surface area contributed by atoms with E-state index < -0.39 is 5.91 Å². The van der Waals surface area contributed by atoms with Gasteiger partial charge in [0.05, 0.1) is 7.11 Å². The maximum absolute atomic E-state index is 11.3. The highest BCUT2D eigenvalue weighted by atomic mass is 35.5. The summed E-state index contributed by atoms with van der Waals surface area (Å²) in [6.45, 7) is 0.148. The van der Waals surface area contributed by atoms with Crippen molar-refractivity contribution in [1.29, 1.82) is 5.26 Å². The minimum atomic E-state index is -0.822. The number of carbonyl (C=O) groups excluding carboxylic acids is 1. The van der Waals surface area contributed by atoms with Gasteiger partial charge in [-0.2, -0.15) is 5.26 Å². The first kappa shape index (κ1) is 18.7. The summed E-state index contributed by atoms with van der Waals surface area (Å²) in [5.74, 6) is -0.0115. The Labute approximate surface area is 155 Å². The maximum atomic E-state index is 11.3. The number of primary amides is 1. The topological polar surface area (TPSA) is 85.3 Å². The highest BCUT2D eigenvalue weighted by molar-refractivity contribution is 6.35. The number of nitriles is 1. The van der Waals surface area contributed by atoms with Crippen LogP contribution in [-0.2, 0) is 11.4 Å². The van der Waals surface area contributed by atoms with Crippen molar-refractivity contribution in [2.75, 3.05) is 7.11 Å². The molecular weight excluding hydrogens is 363 g/mol. The summed E-state index contributed by atoms with van der Waals surface area (Å²) >= 11 is 12.0. The zero-order valence-corrected chi connectivity index (χ0v) is 14.8. The van der Waals surface area contributed by atoms with Crippen molar-refractivity contribution < 1.29 is 14.3 Å². The number of nitrogens with two attached hydrogens (primary N) is 1. The summed E-state index contributed by atoms with van der Waals surface area (Å²) in [5.41, 5.74) is 6.20. The number of hydrogen-bond donors (Lipinski definition) is 1. The van der Waals surface area contributed by atoms with E-state index in [-0.39, 0.29) is 12.2 Å². The molecule has 0 unspecified atom stereocenters. The molecule has 0 bridgehead atoms. The van der Waals surface area contributed by atoms with Gasteiger partial charge in [-0.25, -0.2) is 0 Å². The second-order valence-electron chi connectivity index (χ2n) is 4.94. The van der Waals surface area contributed by atoms with Crippen LogP contribution in [0.25, 0.3) is 6.08 Å². The molecule has 2 aromatic carbocycles. The number of ether oxygens (including phenoxy) is 2.